The number of aromatic hydroxyl groups is 1. The highest BCUT2D eigenvalue weighted by Gasteiger charge is 2.31. The van der Waals surface area contributed by atoms with E-state index in [2.05, 4.69) is 15.6 Å². The van der Waals surface area contributed by atoms with Gasteiger partial charge in [-0.05, 0) is 42.3 Å². The van der Waals surface area contributed by atoms with Crippen molar-refractivity contribution in [3.8, 4) is 17.0 Å². The van der Waals surface area contributed by atoms with Gasteiger partial charge >= 0.3 is 6.18 Å². The predicted molar refractivity (Wildman–Crippen MR) is 98.5 cm³/mol. The van der Waals surface area contributed by atoms with Gasteiger partial charge in [0.1, 0.15) is 11.8 Å². The number of nitrogens with one attached hydrogen (secondary N) is 2. The van der Waals surface area contributed by atoms with Crippen LogP contribution >= 0.6 is 0 Å². The molecule has 3 N–H and O–H groups in total. The summed E-state index contributed by atoms with van der Waals surface area (Å²) in [5, 5.41) is 15.4. The lowest BCUT2D eigenvalue weighted by atomic mass is 10.0. The molecule has 11 heteroatoms. The third-order valence-electron chi connectivity index (χ3n) is 4.41. The molecule has 0 saturated carbocycles. The van der Waals surface area contributed by atoms with Gasteiger partial charge in [-0.1, -0.05) is 0 Å². The van der Waals surface area contributed by atoms with Crippen LogP contribution in [0.25, 0.3) is 11.3 Å². The molecule has 1 aliphatic heterocycles. The normalized spacial score (nSPS) is 16.7. The van der Waals surface area contributed by atoms with Crippen molar-refractivity contribution in [2.45, 2.75) is 25.2 Å². The van der Waals surface area contributed by atoms with Crippen LogP contribution in [0.15, 0.2) is 36.5 Å². The number of alkyl halides is 3. The van der Waals surface area contributed by atoms with Gasteiger partial charge in [0, 0.05) is 24.8 Å². The van der Waals surface area contributed by atoms with Crippen LogP contribution in [-0.2, 0) is 27.8 Å². The minimum absolute atomic E-state index is 0.0483. The van der Waals surface area contributed by atoms with Gasteiger partial charge in [-0.15, -0.1) is 0 Å². The third-order valence-corrected chi connectivity index (χ3v) is 5.28. The summed E-state index contributed by atoms with van der Waals surface area (Å²) < 4.78 is 60.5. The van der Waals surface area contributed by atoms with Crippen molar-refractivity contribution in [2.75, 3.05) is 6.54 Å². The van der Waals surface area contributed by atoms with E-state index in [1.54, 1.807) is 6.07 Å². The number of aromatic nitrogens is 1. The van der Waals surface area contributed by atoms with Crippen molar-refractivity contribution in [3.05, 3.63) is 47.7 Å². The molecular formula is C18H16F3N3O4S. The number of benzene rings is 1. The van der Waals surface area contributed by atoms with Gasteiger partial charge < -0.3 is 15.7 Å². The van der Waals surface area contributed by atoms with Crippen LogP contribution in [0.5, 0.6) is 5.75 Å². The van der Waals surface area contributed by atoms with Gasteiger partial charge in [0.25, 0.3) is 0 Å². The standard InChI is InChI=1S/C18H16F3N3O4S/c19-18(20,21)11-1-2-12(14(25)8-11)13-7-10(3-5-22-13)9-24-17(26)16-15(29(27)28)4-6-23-16/h1-3,5,7-8,16,23,25H,4,6,9H2,(H,24,26). The molecule has 2 aromatic rings. The number of carbonyl (C=O) groups is 1. The van der Waals surface area contributed by atoms with Crippen LogP contribution in [0.2, 0.25) is 0 Å². The molecule has 1 fully saturated rings. The summed E-state index contributed by atoms with van der Waals surface area (Å²) in [6, 6.07) is 4.77. The first-order chi connectivity index (χ1) is 13.7. The van der Waals surface area contributed by atoms with Crippen LogP contribution in [0, 0.1) is 0 Å². The topological polar surface area (TPSA) is 108 Å². The second-order valence-electron chi connectivity index (χ2n) is 6.33. The molecule has 0 radical (unpaired) electrons. The number of halogens is 3. The van der Waals surface area contributed by atoms with Crippen LogP contribution < -0.4 is 10.6 Å². The van der Waals surface area contributed by atoms with Crippen LogP contribution in [0.3, 0.4) is 0 Å². The van der Waals surface area contributed by atoms with E-state index in [9.17, 15) is 31.5 Å². The molecule has 0 aliphatic carbocycles. The minimum Gasteiger partial charge on any atom is -0.507 e. The summed E-state index contributed by atoms with van der Waals surface area (Å²) >= 11 is 0. The van der Waals surface area contributed by atoms with Gasteiger partial charge in [-0.25, -0.2) is 0 Å². The SMILES string of the molecule is O=C(NCc1ccnc(-c2ccc(C(F)(F)F)cc2O)c1)C1NCCC1=S(=O)=O. The Morgan fingerprint density at radius 1 is 1.28 bits per heavy atom. The van der Waals surface area contributed by atoms with Gasteiger partial charge in [0.2, 0.25) is 16.2 Å². The zero-order valence-electron chi connectivity index (χ0n) is 14.8. The molecule has 29 heavy (non-hydrogen) atoms. The molecule has 154 valence electrons. The zero-order chi connectivity index (χ0) is 21.2. The fourth-order valence-electron chi connectivity index (χ4n) is 2.96. The van der Waals surface area contributed by atoms with E-state index < -0.39 is 39.7 Å². The monoisotopic (exact) mass is 427 g/mol. The lowest BCUT2D eigenvalue weighted by Crippen LogP contribution is -2.44. The van der Waals surface area contributed by atoms with Crippen molar-refractivity contribution >= 4 is 21.1 Å². The molecule has 1 aromatic heterocycles. The Balaban J connectivity index is 1.75. The summed E-state index contributed by atoms with van der Waals surface area (Å²) in [4.78, 5) is 16.4. The summed E-state index contributed by atoms with van der Waals surface area (Å²) in [5.74, 6) is -1.07. The molecule has 1 amide bonds. The maximum atomic E-state index is 12.7. The van der Waals surface area contributed by atoms with Crippen molar-refractivity contribution in [3.63, 3.8) is 0 Å². The van der Waals surface area contributed by atoms with Crippen molar-refractivity contribution in [2.24, 2.45) is 0 Å². The quantitative estimate of drug-likeness (QED) is 0.639. The van der Waals surface area contributed by atoms with Gasteiger partial charge in [-0.3, -0.25) is 9.78 Å². The lowest BCUT2D eigenvalue weighted by Gasteiger charge is -2.12. The number of rotatable bonds is 4. The molecule has 1 saturated heterocycles. The van der Waals surface area contributed by atoms with Crippen molar-refractivity contribution < 1.29 is 31.5 Å². The summed E-state index contributed by atoms with van der Waals surface area (Å²) in [7, 11) is -2.45. The smallest absolute Gasteiger partial charge is 0.416 e. The number of carbonyl (C=O) groups excluding carboxylic acids is 1. The van der Waals surface area contributed by atoms with Gasteiger partial charge in [0.15, 0.2) is 0 Å². The molecular weight excluding hydrogens is 411 g/mol. The fraction of sp³-hybridized carbons (Fsp3) is 0.278. The molecule has 0 spiro atoms. The molecule has 1 unspecified atom stereocenters. The second-order valence-corrected chi connectivity index (χ2v) is 7.33. The first-order valence-electron chi connectivity index (χ1n) is 8.48. The highest BCUT2D eigenvalue weighted by Crippen LogP contribution is 2.35. The van der Waals surface area contributed by atoms with Crippen LogP contribution in [-0.4, -0.2) is 41.9 Å². The zero-order valence-corrected chi connectivity index (χ0v) is 15.6. The first-order valence-corrected chi connectivity index (χ1v) is 9.56. The molecule has 1 aromatic carbocycles. The Hall–Kier alpha value is -2.92. The third kappa shape index (κ3) is 4.74. The number of hydrogen-bond acceptors (Lipinski definition) is 6. The molecule has 3 rings (SSSR count). The first kappa shape index (κ1) is 20.8. The predicted octanol–water partition coefficient (Wildman–Crippen LogP) is 1.50. The number of hydrogen-bond donors (Lipinski definition) is 3. The Labute approximate surface area is 165 Å². The minimum atomic E-state index is -4.58. The van der Waals surface area contributed by atoms with E-state index in [0.717, 1.165) is 12.1 Å². The Morgan fingerprint density at radius 3 is 2.69 bits per heavy atom. The highest BCUT2D eigenvalue weighted by molar-refractivity contribution is 7.73. The van der Waals surface area contributed by atoms with E-state index in [-0.39, 0.29) is 29.1 Å². The Bertz CT molecular complexity index is 1080. The number of phenols is 1. The van der Waals surface area contributed by atoms with Crippen molar-refractivity contribution in [1.82, 2.24) is 15.6 Å². The number of phenolic OH excluding ortho intramolecular Hbond substituents is 1. The highest BCUT2D eigenvalue weighted by atomic mass is 32.2. The summed E-state index contributed by atoms with van der Waals surface area (Å²) in [6.07, 6.45) is -2.92. The van der Waals surface area contributed by atoms with E-state index in [0.29, 0.717) is 18.2 Å². The number of amides is 1. The molecule has 1 atom stereocenters. The molecule has 0 bridgehead atoms. The van der Waals surface area contributed by atoms with E-state index in [4.69, 9.17) is 0 Å². The summed E-state index contributed by atoms with van der Waals surface area (Å²) in [6.45, 7) is 0.431. The Kier molecular flexibility index (Phi) is 5.89. The van der Waals surface area contributed by atoms with E-state index >= 15 is 0 Å². The van der Waals surface area contributed by atoms with Crippen molar-refractivity contribution in [1.29, 1.82) is 0 Å². The fourth-order valence-corrected chi connectivity index (χ4v) is 3.62. The molecule has 2 heterocycles. The lowest BCUT2D eigenvalue weighted by molar-refractivity contribution is -0.137. The average Bonchev–Trinajstić information content (AvgIpc) is 3.16. The molecule has 1 aliphatic rings. The van der Waals surface area contributed by atoms with Gasteiger partial charge in [-0.2, -0.15) is 21.6 Å². The van der Waals surface area contributed by atoms with Crippen LogP contribution in [0.1, 0.15) is 17.5 Å². The number of pyridine rings is 1. The van der Waals surface area contributed by atoms with Gasteiger partial charge in [0.05, 0.1) is 16.1 Å². The maximum Gasteiger partial charge on any atom is 0.416 e. The summed E-state index contributed by atoms with van der Waals surface area (Å²) in [5.41, 5.74) is -0.0598. The second kappa shape index (κ2) is 8.21. The number of nitrogens with zero attached hydrogens (tertiary/aromatic N) is 1. The largest absolute Gasteiger partial charge is 0.507 e. The van der Waals surface area contributed by atoms with Crippen LogP contribution in [0.4, 0.5) is 13.2 Å². The van der Waals surface area contributed by atoms with E-state index in [1.807, 2.05) is 0 Å². The maximum absolute atomic E-state index is 12.7. The van der Waals surface area contributed by atoms with E-state index in [1.165, 1.54) is 12.3 Å². The average molecular weight is 427 g/mol. The Morgan fingerprint density at radius 2 is 2.03 bits per heavy atom. The molecule has 7 nitrogen and oxygen atoms in total.